The number of hydrogen-bond donors (Lipinski definition) is 2. The van der Waals surface area contributed by atoms with Crippen molar-refractivity contribution in [2.75, 3.05) is 29.9 Å². The highest BCUT2D eigenvalue weighted by Gasteiger charge is 2.23. The van der Waals surface area contributed by atoms with Gasteiger partial charge in [0.25, 0.3) is 0 Å². The molecule has 9 nitrogen and oxygen atoms in total. The van der Waals surface area contributed by atoms with Crippen LogP contribution in [0.4, 0.5) is 11.5 Å². The van der Waals surface area contributed by atoms with E-state index in [4.69, 9.17) is 9.26 Å². The minimum atomic E-state index is -0.351. The number of aryl methyl sites for hydroxylation is 2. The molecule has 1 saturated heterocycles. The van der Waals surface area contributed by atoms with Crippen LogP contribution < -0.4 is 15.5 Å². The normalized spacial score (nSPS) is 15.4. The van der Waals surface area contributed by atoms with Gasteiger partial charge in [-0.2, -0.15) is 0 Å². The molecule has 1 aliphatic rings. The first-order valence-electron chi connectivity index (χ1n) is 10.8. The van der Waals surface area contributed by atoms with E-state index in [1.165, 1.54) is 4.90 Å². The maximum absolute atomic E-state index is 13.1. The number of nitrogens with one attached hydrogen (secondary N) is 2. The molecule has 2 aromatic rings. The van der Waals surface area contributed by atoms with Crippen LogP contribution in [-0.2, 0) is 19.1 Å². The Balaban J connectivity index is 1.63. The second-order valence-electron chi connectivity index (χ2n) is 8.01. The summed E-state index contributed by atoms with van der Waals surface area (Å²) in [6.45, 7) is 6.59. The van der Waals surface area contributed by atoms with E-state index < -0.39 is 0 Å². The first kappa shape index (κ1) is 23.5. The number of hydrogen-bond acceptors (Lipinski definition) is 6. The van der Waals surface area contributed by atoms with Crippen LogP contribution in [0.3, 0.4) is 0 Å². The van der Waals surface area contributed by atoms with Gasteiger partial charge in [-0.15, -0.1) is 0 Å². The maximum atomic E-state index is 13.1. The van der Waals surface area contributed by atoms with Gasteiger partial charge in [-0.25, -0.2) is 0 Å². The van der Waals surface area contributed by atoms with E-state index >= 15 is 0 Å². The molecule has 2 N–H and O–H groups in total. The van der Waals surface area contributed by atoms with Gasteiger partial charge in [-0.1, -0.05) is 17.3 Å². The zero-order valence-corrected chi connectivity index (χ0v) is 18.8. The van der Waals surface area contributed by atoms with E-state index in [0.29, 0.717) is 30.4 Å². The largest absolute Gasteiger partial charge is 0.376 e. The smallest absolute Gasteiger partial charge is 0.240 e. The van der Waals surface area contributed by atoms with E-state index in [0.717, 1.165) is 24.0 Å². The van der Waals surface area contributed by atoms with Crippen molar-refractivity contribution in [3.8, 4) is 0 Å². The molecule has 32 heavy (non-hydrogen) atoms. The Morgan fingerprint density at radius 1 is 1.16 bits per heavy atom. The molecule has 1 fully saturated rings. The number of anilines is 2. The molecule has 0 radical (unpaired) electrons. The van der Waals surface area contributed by atoms with Crippen LogP contribution in [-0.4, -0.2) is 48.7 Å². The predicted molar refractivity (Wildman–Crippen MR) is 119 cm³/mol. The van der Waals surface area contributed by atoms with E-state index in [1.54, 1.807) is 13.0 Å². The van der Waals surface area contributed by atoms with E-state index in [9.17, 15) is 14.4 Å². The van der Waals surface area contributed by atoms with Crippen LogP contribution in [0.25, 0.3) is 0 Å². The monoisotopic (exact) mass is 442 g/mol. The molecule has 2 heterocycles. The quantitative estimate of drug-likeness (QED) is 0.617. The van der Waals surface area contributed by atoms with Gasteiger partial charge in [-0.3, -0.25) is 14.4 Å². The molecule has 1 aliphatic heterocycles. The number of rotatable bonds is 9. The summed E-state index contributed by atoms with van der Waals surface area (Å²) in [4.78, 5) is 39.3. The lowest BCUT2D eigenvalue weighted by Gasteiger charge is -2.25. The predicted octanol–water partition coefficient (Wildman–Crippen LogP) is 2.65. The van der Waals surface area contributed by atoms with Crippen LogP contribution >= 0.6 is 0 Å². The average Bonchev–Trinajstić information content (AvgIpc) is 3.42. The summed E-state index contributed by atoms with van der Waals surface area (Å²) in [7, 11) is 0. The Kier molecular flexibility index (Phi) is 7.99. The van der Waals surface area contributed by atoms with E-state index in [-0.39, 0.29) is 43.2 Å². The van der Waals surface area contributed by atoms with Crippen LogP contribution in [0.2, 0.25) is 0 Å². The molecular weight excluding hydrogens is 412 g/mol. The summed E-state index contributed by atoms with van der Waals surface area (Å²) < 4.78 is 10.5. The van der Waals surface area contributed by atoms with Crippen molar-refractivity contribution in [2.45, 2.75) is 52.6 Å². The molecule has 0 bridgehead atoms. The van der Waals surface area contributed by atoms with Gasteiger partial charge in [0.2, 0.25) is 17.7 Å². The van der Waals surface area contributed by atoms with Gasteiger partial charge in [0.1, 0.15) is 12.3 Å². The minimum absolute atomic E-state index is 0.0210. The topological polar surface area (TPSA) is 114 Å². The Bertz CT molecular complexity index is 965. The first-order valence-corrected chi connectivity index (χ1v) is 10.8. The van der Waals surface area contributed by atoms with Crippen LogP contribution in [0, 0.1) is 20.8 Å². The van der Waals surface area contributed by atoms with Gasteiger partial charge in [-0.05, 0) is 50.8 Å². The summed E-state index contributed by atoms with van der Waals surface area (Å²) in [5.74, 6) is -0.0449. The number of aromatic nitrogens is 1. The molecule has 1 aromatic carbocycles. The lowest BCUT2D eigenvalue weighted by Crippen LogP contribution is -2.43. The highest BCUT2D eigenvalue weighted by molar-refractivity contribution is 6.01. The van der Waals surface area contributed by atoms with Crippen LogP contribution in [0.1, 0.15) is 42.6 Å². The molecule has 1 aromatic heterocycles. The molecule has 3 rings (SSSR count). The molecular formula is C23H30N4O5. The van der Waals surface area contributed by atoms with Crippen molar-refractivity contribution in [2.24, 2.45) is 0 Å². The third-order valence-electron chi connectivity index (χ3n) is 5.48. The number of carbonyl (C=O) groups excluding carboxylic acids is 3. The van der Waals surface area contributed by atoms with Crippen molar-refractivity contribution >= 4 is 29.2 Å². The van der Waals surface area contributed by atoms with Crippen LogP contribution in [0.5, 0.6) is 0 Å². The molecule has 9 heteroatoms. The zero-order chi connectivity index (χ0) is 23.1. The lowest BCUT2D eigenvalue weighted by atomic mass is 10.1. The van der Waals surface area contributed by atoms with Crippen LogP contribution in [0.15, 0.2) is 28.8 Å². The highest BCUT2D eigenvalue weighted by atomic mass is 16.5. The molecule has 3 amide bonds. The molecule has 0 unspecified atom stereocenters. The summed E-state index contributed by atoms with van der Waals surface area (Å²) in [6.07, 6.45) is 1.84. The lowest BCUT2D eigenvalue weighted by molar-refractivity contribution is -0.125. The summed E-state index contributed by atoms with van der Waals surface area (Å²) in [5, 5.41) is 9.17. The Morgan fingerprint density at radius 2 is 1.97 bits per heavy atom. The average molecular weight is 443 g/mol. The molecule has 0 saturated carbocycles. The Hall–Kier alpha value is -3.20. The Labute approximate surface area is 187 Å². The van der Waals surface area contributed by atoms with Gasteiger partial charge in [0.15, 0.2) is 5.82 Å². The van der Waals surface area contributed by atoms with Crippen molar-refractivity contribution < 1.29 is 23.6 Å². The number of carbonyl (C=O) groups is 3. The number of nitrogens with zero attached hydrogens (tertiary/aromatic N) is 2. The first-order chi connectivity index (χ1) is 15.3. The van der Waals surface area contributed by atoms with Crippen molar-refractivity contribution in [1.82, 2.24) is 10.5 Å². The molecule has 0 spiro atoms. The van der Waals surface area contributed by atoms with Crippen molar-refractivity contribution in [3.63, 3.8) is 0 Å². The molecule has 0 aliphatic carbocycles. The summed E-state index contributed by atoms with van der Waals surface area (Å²) >= 11 is 0. The fraction of sp³-hybridized carbons (Fsp3) is 0.478. The third-order valence-corrected chi connectivity index (χ3v) is 5.48. The van der Waals surface area contributed by atoms with E-state index in [2.05, 4.69) is 15.8 Å². The van der Waals surface area contributed by atoms with Gasteiger partial charge >= 0.3 is 0 Å². The standard InChI is InChI=1S/C23H30N4O5/c1-15-6-4-8-19(17(15)3)27(14-22(29)24-13-18-7-5-11-31-18)23(30)10-9-21(28)25-20-12-16(2)32-26-20/h4,6,8,12,18H,5,7,9-11,13-14H2,1-3H3,(H,24,29)(H,25,26,28)/t18-/m1/s1. The second kappa shape index (κ2) is 10.9. The van der Waals surface area contributed by atoms with Gasteiger partial charge < -0.3 is 24.8 Å². The van der Waals surface area contributed by atoms with Crippen molar-refractivity contribution in [3.05, 3.63) is 41.2 Å². The number of ether oxygens (including phenoxy) is 1. The highest BCUT2D eigenvalue weighted by Crippen LogP contribution is 2.24. The zero-order valence-electron chi connectivity index (χ0n) is 18.8. The van der Waals surface area contributed by atoms with Gasteiger partial charge in [0.05, 0.1) is 6.10 Å². The summed E-state index contributed by atoms with van der Waals surface area (Å²) in [6, 6.07) is 7.21. The SMILES string of the molecule is Cc1cc(NC(=O)CCC(=O)N(CC(=O)NC[C@H]2CCCO2)c2cccc(C)c2C)no1. The van der Waals surface area contributed by atoms with E-state index in [1.807, 2.05) is 32.0 Å². The molecule has 1 atom stereocenters. The molecule has 172 valence electrons. The second-order valence-corrected chi connectivity index (χ2v) is 8.01. The number of benzene rings is 1. The number of amides is 3. The minimum Gasteiger partial charge on any atom is -0.376 e. The van der Waals surface area contributed by atoms with Crippen molar-refractivity contribution in [1.29, 1.82) is 0 Å². The fourth-order valence-corrected chi connectivity index (χ4v) is 3.55. The fourth-order valence-electron chi connectivity index (χ4n) is 3.55. The summed E-state index contributed by atoms with van der Waals surface area (Å²) in [5.41, 5.74) is 2.59. The Morgan fingerprint density at radius 3 is 2.66 bits per heavy atom. The maximum Gasteiger partial charge on any atom is 0.240 e. The third kappa shape index (κ3) is 6.40. The van der Waals surface area contributed by atoms with Gasteiger partial charge in [0, 0.05) is 37.7 Å².